The van der Waals surface area contributed by atoms with E-state index in [4.69, 9.17) is 4.74 Å². The molecule has 92 valence electrons. The lowest BCUT2D eigenvalue weighted by Crippen LogP contribution is -2.31. The largest absolute Gasteiger partial charge is 0.376 e. The molecule has 0 aliphatic carbocycles. The van der Waals surface area contributed by atoms with Crippen molar-refractivity contribution in [1.29, 1.82) is 0 Å². The zero-order valence-corrected chi connectivity index (χ0v) is 11.4. The van der Waals surface area contributed by atoms with Crippen LogP contribution in [0.4, 0.5) is 0 Å². The highest BCUT2D eigenvalue weighted by atomic mass is 32.1. The first-order valence-electron chi connectivity index (χ1n) is 5.80. The van der Waals surface area contributed by atoms with Gasteiger partial charge in [0.05, 0.1) is 23.9 Å². The normalized spacial score (nSPS) is 13.3. The van der Waals surface area contributed by atoms with Crippen molar-refractivity contribution in [2.45, 2.75) is 33.3 Å². The Morgan fingerprint density at radius 3 is 2.75 bits per heavy atom. The summed E-state index contributed by atoms with van der Waals surface area (Å²) in [5, 5.41) is 3.17. The van der Waals surface area contributed by atoms with Gasteiger partial charge < -0.3 is 10.1 Å². The molecule has 1 aromatic rings. The number of likely N-dealkylation sites (N-methyl/N-ethyl adjacent to an activating group) is 1. The van der Waals surface area contributed by atoms with E-state index in [-0.39, 0.29) is 0 Å². The van der Waals surface area contributed by atoms with E-state index in [0.717, 1.165) is 25.3 Å². The van der Waals surface area contributed by atoms with E-state index in [1.165, 1.54) is 4.88 Å². The summed E-state index contributed by atoms with van der Waals surface area (Å²) in [4.78, 5) is 5.58. The Kier molecular flexibility index (Phi) is 5.95. The van der Waals surface area contributed by atoms with E-state index in [2.05, 4.69) is 31.1 Å². The summed E-state index contributed by atoms with van der Waals surface area (Å²) in [5.41, 5.74) is 3.04. The first kappa shape index (κ1) is 13.6. The number of rotatable bonds is 7. The Hall–Kier alpha value is -0.450. The molecule has 0 aromatic carbocycles. The number of thiazole rings is 1. The average Bonchev–Trinajstić information content (AvgIpc) is 2.63. The Bertz CT molecular complexity index is 299. The number of hydrogen-bond acceptors (Lipinski definition) is 4. The number of aromatic nitrogens is 1. The van der Waals surface area contributed by atoms with E-state index < -0.39 is 0 Å². The smallest absolute Gasteiger partial charge is 0.0797 e. The summed E-state index contributed by atoms with van der Waals surface area (Å²) in [6.07, 6.45) is 1.28. The van der Waals surface area contributed by atoms with Crippen LogP contribution in [-0.2, 0) is 11.2 Å². The van der Waals surface area contributed by atoms with Crippen molar-refractivity contribution in [2.75, 3.05) is 20.2 Å². The second-order valence-corrected chi connectivity index (χ2v) is 5.26. The van der Waals surface area contributed by atoms with E-state index >= 15 is 0 Å². The summed E-state index contributed by atoms with van der Waals surface area (Å²) >= 11 is 1.72. The minimum atomic E-state index is 0.304. The number of nitrogens with zero attached hydrogens (tertiary/aromatic N) is 1. The topological polar surface area (TPSA) is 34.1 Å². The Balaban J connectivity index is 2.30. The molecule has 0 saturated heterocycles. The molecule has 0 saturated carbocycles. The van der Waals surface area contributed by atoms with E-state index in [1.54, 1.807) is 11.3 Å². The van der Waals surface area contributed by atoms with E-state index in [9.17, 15) is 0 Å². The summed E-state index contributed by atoms with van der Waals surface area (Å²) in [5.74, 6) is 0.551. The van der Waals surface area contributed by atoms with Crippen LogP contribution >= 0.6 is 11.3 Å². The van der Waals surface area contributed by atoms with Gasteiger partial charge in [-0.2, -0.15) is 0 Å². The Morgan fingerprint density at radius 1 is 1.50 bits per heavy atom. The summed E-state index contributed by atoms with van der Waals surface area (Å²) in [6.45, 7) is 8.15. The average molecular weight is 242 g/mol. The molecule has 0 aliphatic rings. The molecular weight excluding hydrogens is 220 g/mol. The molecule has 0 spiro atoms. The molecule has 3 nitrogen and oxygen atoms in total. The van der Waals surface area contributed by atoms with Crippen molar-refractivity contribution in [2.24, 2.45) is 5.92 Å². The molecule has 1 heterocycles. The lowest BCUT2D eigenvalue weighted by Gasteiger charge is -2.21. The molecule has 1 rings (SSSR count). The Morgan fingerprint density at radius 2 is 2.25 bits per heavy atom. The van der Waals surface area contributed by atoms with Gasteiger partial charge in [-0.25, -0.2) is 4.98 Å². The van der Waals surface area contributed by atoms with Gasteiger partial charge in [-0.15, -0.1) is 11.3 Å². The van der Waals surface area contributed by atoms with Crippen molar-refractivity contribution < 1.29 is 4.74 Å². The van der Waals surface area contributed by atoms with Gasteiger partial charge in [0.1, 0.15) is 0 Å². The zero-order valence-electron chi connectivity index (χ0n) is 10.6. The maximum Gasteiger partial charge on any atom is 0.0797 e. The minimum absolute atomic E-state index is 0.304. The van der Waals surface area contributed by atoms with Crippen molar-refractivity contribution in [1.82, 2.24) is 10.3 Å². The van der Waals surface area contributed by atoms with Crippen LogP contribution in [0, 0.1) is 12.8 Å². The van der Waals surface area contributed by atoms with E-state index in [0.29, 0.717) is 12.0 Å². The first-order valence-corrected chi connectivity index (χ1v) is 6.68. The van der Waals surface area contributed by atoms with Crippen LogP contribution in [0.1, 0.15) is 24.4 Å². The fourth-order valence-corrected chi connectivity index (χ4v) is 2.32. The molecule has 1 N–H and O–H groups in total. The minimum Gasteiger partial charge on any atom is -0.376 e. The fraction of sp³-hybridized carbons (Fsp3) is 0.750. The highest BCUT2D eigenvalue weighted by Crippen LogP contribution is 2.14. The van der Waals surface area contributed by atoms with Gasteiger partial charge >= 0.3 is 0 Å². The van der Waals surface area contributed by atoms with Gasteiger partial charge in [0.2, 0.25) is 0 Å². The third-order valence-corrected chi connectivity index (χ3v) is 3.65. The molecule has 0 amide bonds. The van der Waals surface area contributed by atoms with Crippen molar-refractivity contribution in [3.63, 3.8) is 0 Å². The second kappa shape index (κ2) is 6.99. The molecule has 4 heteroatoms. The zero-order chi connectivity index (χ0) is 12.0. The molecule has 1 atom stereocenters. The SMILES string of the molecule is CNCC(OCCc1scnc1C)C(C)C. The molecular formula is C12H22N2OS. The molecule has 0 fully saturated rings. The molecule has 16 heavy (non-hydrogen) atoms. The maximum atomic E-state index is 5.89. The summed E-state index contributed by atoms with van der Waals surface area (Å²) in [6, 6.07) is 0. The highest BCUT2D eigenvalue weighted by Gasteiger charge is 2.12. The van der Waals surface area contributed by atoms with Gasteiger partial charge in [0, 0.05) is 17.8 Å². The quantitative estimate of drug-likeness (QED) is 0.796. The Labute approximate surface area is 102 Å². The number of hydrogen-bond donors (Lipinski definition) is 1. The third-order valence-electron chi connectivity index (χ3n) is 2.65. The lowest BCUT2D eigenvalue weighted by atomic mass is 10.1. The summed E-state index contributed by atoms with van der Waals surface area (Å²) in [7, 11) is 1.96. The van der Waals surface area contributed by atoms with Gasteiger partial charge in [0.25, 0.3) is 0 Å². The molecule has 1 unspecified atom stereocenters. The summed E-state index contributed by atoms with van der Waals surface area (Å²) < 4.78 is 5.89. The predicted molar refractivity (Wildman–Crippen MR) is 69.1 cm³/mol. The van der Waals surface area contributed by atoms with Crippen LogP contribution in [0.3, 0.4) is 0 Å². The van der Waals surface area contributed by atoms with E-state index in [1.807, 2.05) is 12.6 Å². The monoisotopic (exact) mass is 242 g/mol. The van der Waals surface area contributed by atoms with Crippen molar-refractivity contribution >= 4 is 11.3 Å². The molecule has 0 radical (unpaired) electrons. The van der Waals surface area contributed by atoms with Crippen molar-refractivity contribution in [3.05, 3.63) is 16.1 Å². The van der Waals surface area contributed by atoms with Crippen LogP contribution in [0.25, 0.3) is 0 Å². The fourth-order valence-electron chi connectivity index (χ4n) is 1.56. The first-order chi connectivity index (χ1) is 7.65. The van der Waals surface area contributed by atoms with Gasteiger partial charge in [-0.3, -0.25) is 0 Å². The predicted octanol–water partition coefficient (Wildman–Crippen LogP) is 2.25. The number of aryl methyl sites for hydroxylation is 1. The highest BCUT2D eigenvalue weighted by molar-refractivity contribution is 7.09. The third kappa shape index (κ3) is 4.20. The second-order valence-electron chi connectivity index (χ2n) is 4.32. The van der Waals surface area contributed by atoms with Gasteiger partial charge in [0.15, 0.2) is 0 Å². The number of ether oxygens (including phenoxy) is 1. The van der Waals surface area contributed by atoms with Crippen LogP contribution in [0.5, 0.6) is 0 Å². The van der Waals surface area contributed by atoms with Gasteiger partial charge in [-0.05, 0) is 19.9 Å². The van der Waals surface area contributed by atoms with Crippen molar-refractivity contribution in [3.8, 4) is 0 Å². The van der Waals surface area contributed by atoms with Crippen LogP contribution in [-0.4, -0.2) is 31.3 Å². The van der Waals surface area contributed by atoms with Crippen LogP contribution < -0.4 is 5.32 Å². The van der Waals surface area contributed by atoms with Crippen LogP contribution in [0.2, 0.25) is 0 Å². The molecule has 0 bridgehead atoms. The maximum absolute atomic E-state index is 5.89. The number of nitrogens with one attached hydrogen (secondary N) is 1. The lowest BCUT2D eigenvalue weighted by molar-refractivity contribution is 0.0261. The molecule has 0 aliphatic heterocycles. The van der Waals surface area contributed by atoms with Crippen LogP contribution in [0.15, 0.2) is 5.51 Å². The molecule has 1 aromatic heterocycles. The standard InChI is InChI=1S/C12H22N2OS/c1-9(2)11(7-13-4)15-6-5-12-10(3)14-8-16-12/h8-9,11,13H,5-7H2,1-4H3. The van der Waals surface area contributed by atoms with Gasteiger partial charge in [-0.1, -0.05) is 13.8 Å².